The molecule has 0 unspecified atom stereocenters. The normalized spacial score (nSPS) is 9.67. The maximum Gasteiger partial charge on any atom is 0.258 e. The largest absolute Gasteiger partial charge is 0.384 e. The number of rotatable bonds is 2. The first kappa shape index (κ1) is 12.8. The highest BCUT2D eigenvalue weighted by molar-refractivity contribution is 7.15. The van der Waals surface area contributed by atoms with E-state index in [1.54, 1.807) is 17.6 Å². The Morgan fingerprint density at radius 3 is 3.11 bits per heavy atom. The van der Waals surface area contributed by atoms with E-state index in [2.05, 4.69) is 22.1 Å². The molecule has 4 nitrogen and oxygen atoms in total. The first-order valence-corrected chi connectivity index (χ1v) is 6.80. The lowest BCUT2D eigenvalue weighted by molar-refractivity contribution is 0.102. The standard InChI is InChI=1S/C12H10N2O2S2/c1-8-6-13-12(18-8)14-11(16)9-5-10(17-7-9)3-2-4-15/h5-7,15H,4H2,1H3,(H,13,14,16). The summed E-state index contributed by atoms with van der Waals surface area (Å²) in [5.41, 5.74) is 0.551. The second-order valence-electron chi connectivity index (χ2n) is 3.39. The minimum absolute atomic E-state index is 0.183. The smallest absolute Gasteiger partial charge is 0.258 e. The van der Waals surface area contributed by atoms with Crippen molar-refractivity contribution in [1.29, 1.82) is 0 Å². The number of anilines is 1. The van der Waals surface area contributed by atoms with E-state index in [4.69, 9.17) is 5.11 Å². The molecule has 0 radical (unpaired) electrons. The van der Waals surface area contributed by atoms with E-state index in [-0.39, 0.29) is 12.5 Å². The second kappa shape index (κ2) is 5.78. The van der Waals surface area contributed by atoms with E-state index >= 15 is 0 Å². The van der Waals surface area contributed by atoms with Gasteiger partial charge in [0.05, 0.1) is 10.4 Å². The summed E-state index contributed by atoms with van der Waals surface area (Å²) in [7, 11) is 0. The van der Waals surface area contributed by atoms with Crippen LogP contribution in [-0.2, 0) is 0 Å². The first-order valence-electron chi connectivity index (χ1n) is 5.11. The van der Waals surface area contributed by atoms with Gasteiger partial charge in [-0.1, -0.05) is 11.8 Å². The summed E-state index contributed by atoms with van der Waals surface area (Å²) in [6.07, 6.45) is 1.71. The predicted octanol–water partition coefficient (Wildman–Crippen LogP) is 2.11. The van der Waals surface area contributed by atoms with Crippen LogP contribution in [0.4, 0.5) is 5.13 Å². The monoisotopic (exact) mass is 278 g/mol. The molecule has 0 aliphatic carbocycles. The topological polar surface area (TPSA) is 62.2 Å². The molecule has 2 aromatic heterocycles. The van der Waals surface area contributed by atoms with Gasteiger partial charge in [-0.25, -0.2) is 4.98 Å². The predicted molar refractivity (Wildman–Crippen MR) is 73.1 cm³/mol. The van der Waals surface area contributed by atoms with E-state index in [1.807, 2.05) is 6.92 Å². The summed E-state index contributed by atoms with van der Waals surface area (Å²) < 4.78 is 0. The molecule has 1 amide bonds. The van der Waals surface area contributed by atoms with E-state index in [1.165, 1.54) is 22.7 Å². The van der Waals surface area contributed by atoms with Crippen LogP contribution in [0.5, 0.6) is 0 Å². The molecule has 6 heteroatoms. The number of aromatic nitrogens is 1. The van der Waals surface area contributed by atoms with E-state index in [9.17, 15) is 4.79 Å². The number of aliphatic hydroxyl groups is 1. The van der Waals surface area contributed by atoms with Gasteiger partial charge in [-0.3, -0.25) is 10.1 Å². The maximum atomic E-state index is 11.9. The highest BCUT2D eigenvalue weighted by Gasteiger charge is 2.10. The molecule has 0 aliphatic heterocycles. The van der Waals surface area contributed by atoms with Crippen LogP contribution < -0.4 is 5.32 Å². The molecule has 0 saturated heterocycles. The van der Waals surface area contributed by atoms with Crippen molar-refractivity contribution >= 4 is 33.7 Å². The third-order valence-electron chi connectivity index (χ3n) is 1.99. The fourth-order valence-electron chi connectivity index (χ4n) is 1.23. The average molecular weight is 278 g/mol. The van der Waals surface area contributed by atoms with Crippen molar-refractivity contribution in [2.45, 2.75) is 6.92 Å². The van der Waals surface area contributed by atoms with Gasteiger partial charge in [0.1, 0.15) is 6.61 Å². The van der Waals surface area contributed by atoms with Crippen LogP contribution in [0.1, 0.15) is 20.1 Å². The number of nitrogens with zero attached hydrogens (tertiary/aromatic N) is 1. The third kappa shape index (κ3) is 3.17. The molecule has 0 atom stereocenters. The lowest BCUT2D eigenvalue weighted by Gasteiger charge is -1.97. The summed E-state index contributed by atoms with van der Waals surface area (Å²) in [5, 5.41) is 13.6. The van der Waals surface area contributed by atoms with Crippen LogP contribution in [-0.4, -0.2) is 22.6 Å². The van der Waals surface area contributed by atoms with Gasteiger partial charge >= 0.3 is 0 Å². The van der Waals surface area contributed by atoms with Crippen LogP contribution in [0.15, 0.2) is 17.6 Å². The van der Waals surface area contributed by atoms with Crippen LogP contribution in [0.3, 0.4) is 0 Å². The van der Waals surface area contributed by atoms with Crippen molar-refractivity contribution < 1.29 is 9.90 Å². The van der Waals surface area contributed by atoms with Gasteiger partial charge in [0.25, 0.3) is 5.91 Å². The van der Waals surface area contributed by atoms with Gasteiger partial charge in [0.15, 0.2) is 5.13 Å². The summed E-state index contributed by atoms with van der Waals surface area (Å²) in [6, 6.07) is 1.70. The quantitative estimate of drug-likeness (QED) is 0.827. The number of thiophene rings is 1. The Morgan fingerprint density at radius 2 is 2.44 bits per heavy atom. The van der Waals surface area contributed by atoms with Gasteiger partial charge in [-0.2, -0.15) is 0 Å². The van der Waals surface area contributed by atoms with E-state index in [0.29, 0.717) is 10.7 Å². The number of thiazole rings is 1. The molecule has 2 N–H and O–H groups in total. The van der Waals surface area contributed by atoms with Crippen molar-refractivity contribution in [3.05, 3.63) is 33.0 Å². The van der Waals surface area contributed by atoms with Crippen LogP contribution >= 0.6 is 22.7 Å². The average Bonchev–Trinajstić information content (AvgIpc) is 2.96. The van der Waals surface area contributed by atoms with E-state index in [0.717, 1.165) is 9.75 Å². The molecule has 92 valence electrons. The molecule has 18 heavy (non-hydrogen) atoms. The minimum atomic E-state index is -0.197. The van der Waals surface area contributed by atoms with Crippen molar-refractivity contribution in [3.8, 4) is 11.8 Å². The molecule has 0 aliphatic rings. The van der Waals surface area contributed by atoms with Gasteiger partial charge in [0.2, 0.25) is 0 Å². The molecule has 2 rings (SSSR count). The first-order chi connectivity index (χ1) is 8.69. The molecule has 0 aromatic carbocycles. The van der Waals surface area contributed by atoms with Crippen molar-refractivity contribution in [1.82, 2.24) is 4.98 Å². The third-order valence-corrected chi connectivity index (χ3v) is 3.67. The Bertz CT molecular complexity index is 619. The van der Waals surface area contributed by atoms with Crippen LogP contribution in [0.25, 0.3) is 0 Å². The molecule has 0 bridgehead atoms. The number of nitrogens with one attached hydrogen (secondary N) is 1. The van der Waals surface area contributed by atoms with Gasteiger partial charge in [0, 0.05) is 16.5 Å². The van der Waals surface area contributed by atoms with Crippen LogP contribution in [0.2, 0.25) is 0 Å². The molecular weight excluding hydrogens is 268 g/mol. The summed E-state index contributed by atoms with van der Waals surface area (Å²) >= 11 is 2.80. The number of carbonyl (C=O) groups excluding carboxylic acids is 1. The lowest BCUT2D eigenvalue weighted by atomic mass is 10.3. The SMILES string of the molecule is Cc1cnc(NC(=O)c2csc(C#CCO)c2)s1. The fourth-order valence-corrected chi connectivity index (χ4v) is 2.64. The van der Waals surface area contributed by atoms with Crippen molar-refractivity contribution in [2.75, 3.05) is 11.9 Å². The van der Waals surface area contributed by atoms with E-state index < -0.39 is 0 Å². The molecule has 2 heterocycles. The Kier molecular flexibility index (Phi) is 4.10. The summed E-state index contributed by atoms with van der Waals surface area (Å²) in [5.74, 6) is 5.11. The number of carbonyl (C=O) groups is 1. The van der Waals surface area contributed by atoms with Gasteiger partial charge < -0.3 is 5.11 Å². The minimum Gasteiger partial charge on any atom is -0.384 e. The number of hydrogen-bond acceptors (Lipinski definition) is 5. The molecule has 0 saturated carbocycles. The molecule has 2 aromatic rings. The zero-order chi connectivity index (χ0) is 13.0. The fraction of sp³-hybridized carbons (Fsp3) is 0.167. The number of hydrogen-bond donors (Lipinski definition) is 2. The number of aryl methyl sites for hydroxylation is 1. The number of aliphatic hydroxyl groups excluding tert-OH is 1. The summed E-state index contributed by atoms with van der Waals surface area (Å²) in [4.78, 5) is 17.7. The Hall–Kier alpha value is -1.68. The zero-order valence-corrected chi connectivity index (χ0v) is 11.2. The van der Waals surface area contributed by atoms with Gasteiger partial charge in [-0.15, -0.1) is 22.7 Å². The Balaban J connectivity index is 2.07. The Labute approximate surface area is 112 Å². The highest BCUT2D eigenvalue weighted by Crippen LogP contribution is 2.19. The number of amides is 1. The second-order valence-corrected chi connectivity index (χ2v) is 5.54. The van der Waals surface area contributed by atoms with Crippen molar-refractivity contribution in [2.24, 2.45) is 0 Å². The summed E-state index contributed by atoms with van der Waals surface area (Å²) in [6.45, 7) is 1.75. The van der Waals surface area contributed by atoms with Crippen LogP contribution in [0, 0.1) is 18.8 Å². The molecule has 0 spiro atoms. The molecule has 0 fully saturated rings. The zero-order valence-electron chi connectivity index (χ0n) is 9.56. The Morgan fingerprint density at radius 1 is 1.61 bits per heavy atom. The molecular formula is C12H10N2O2S2. The highest BCUT2D eigenvalue weighted by atomic mass is 32.1. The van der Waals surface area contributed by atoms with Gasteiger partial charge in [-0.05, 0) is 13.0 Å². The van der Waals surface area contributed by atoms with Crippen molar-refractivity contribution in [3.63, 3.8) is 0 Å². The maximum absolute atomic E-state index is 11.9. The lowest BCUT2D eigenvalue weighted by Crippen LogP contribution is -2.10.